The molecule has 0 radical (unpaired) electrons. The Bertz CT molecular complexity index is 894. The van der Waals surface area contributed by atoms with Crippen LogP contribution in [0, 0.1) is 13.8 Å². The molecular weight excluding hydrogens is 368 g/mol. The molecule has 1 N–H and O–H groups in total. The summed E-state index contributed by atoms with van der Waals surface area (Å²) in [7, 11) is -3.66. The van der Waals surface area contributed by atoms with Gasteiger partial charge in [0.2, 0.25) is 5.09 Å². The van der Waals surface area contributed by atoms with E-state index in [2.05, 4.69) is 5.32 Å². The molecule has 1 amide bonds. The van der Waals surface area contributed by atoms with Gasteiger partial charge in [0.1, 0.15) is 12.4 Å². The van der Waals surface area contributed by atoms with Crippen molar-refractivity contribution in [1.29, 1.82) is 0 Å². The molecule has 1 aliphatic heterocycles. The third kappa shape index (κ3) is 4.33. The number of amides is 1. The van der Waals surface area contributed by atoms with E-state index >= 15 is 0 Å². The first kappa shape index (κ1) is 19.4. The van der Waals surface area contributed by atoms with Gasteiger partial charge >= 0.3 is 0 Å². The summed E-state index contributed by atoms with van der Waals surface area (Å²) in [4.78, 5) is 12.2. The number of para-hydroxylation sites is 1. The molecule has 2 heterocycles. The number of benzene rings is 1. The molecule has 2 aromatic rings. The first-order chi connectivity index (χ1) is 12.9. The van der Waals surface area contributed by atoms with E-state index in [4.69, 9.17) is 9.15 Å². The fourth-order valence-electron chi connectivity index (χ4n) is 3.07. The molecule has 0 saturated carbocycles. The fourth-order valence-corrected chi connectivity index (χ4v) is 4.50. The van der Waals surface area contributed by atoms with Crippen molar-refractivity contribution in [2.75, 3.05) is 26.2 Å². The minimum Gasteiger partial charge on any atom is -0.491 e. The minimum absolute atomic E-state index is 0.0279. The van der Waals surface area contributed by atoms with Crippen LogP contribution in [-0.4, -0.2) is 44.9 Å². The van der Waals surface area contributed by atoms with Crippen LogP contribution in [0.5, 0.6) is 5.75 Å². The SMILES string of the molecule is Cc1cccc(C)c1OCCNC(=O)c1ccc(S(=O)(=O)N2CCCC2)o1. The smallest absolute Gasteiger partial charge is 0.287 e. The van der Waals surface area contributed by atoms with Gasteiger partial charge in [-0.1, -0.05) is 18.2 Å². The number of furan rings is 1. The minimum atomic E-state index is -3.66. The van der Waals surface area contributed by atoms with Crippen LogP contribution in [-0.2, 0) is 10.0 Å². The molecule has 0 atom stereocenters. The summed E-state index contributed by atoms with van der Waals surface area (Å²) in [5.41, 5.74) is 2.06. The number of hydrogen-bond acceptors (Lipinski definition) is 5. The van der Waals surface area contributed by atoms with Crippen molar-refractivity contribution in [3.8, 4) is 5.75 Å². The Hall–Kier alpha value is -2.32. The normalized spacial score (nSPS) is 15.0. The Kier molecular flexibility index (Phi) is 5.86. The highest BCUT2D eigenvalue weighted by atomic mass is 32.2. The molecule has 1 fully saturated rings. The van der Waals surface area contributed by atoms with E-state index < -0.39 is 15.9 Å². The monoisotopic (exact) mass is 392 g/mol. The highest BCUT2D eigenvalue weighted by Gasteiger charge is 2.30. The summed E-state index contributed by atoms with van der Waals surface area (Å²) < 4.78 is 37.3. The van der Waals surface area contributed by atoms with Gasteiger partial charge < -0.3 is 14.5 Å². The summed E-state index contributed by atoms with van der Waals surface area (Å²) in [6.07, 6.45) is 1.68. The second-order valence-corrected chi connectivity index (χ2v) is 8.42. The average Bonchev–Trinajstić information content (AvgIpc) is 3.32. The Morgan fingerprint density at radius 1 is 1.15 bits per heavy atom. The van der Waals surface area contributed by atoms with Crippen molar-refractivity contribution >= 4 is 15.9 Å². The molecule has 27 heavy (non-hydrogen) atoms. The number of carbonyl (C=O) groups is 1. The molecule has 0 bridgehead atoms. The number of sulfonamides is 1. The second kappa shape index (κ2) is 8.14. The summed E-state index contributed by atoms with van der Waals surface area (Å²) in [6, 6.07) is 8.60. The molecule has 7 nitrogen and oxygen atoms in total. The molecular formula is C19H24N2O5S. The maximum absolute atomic E-state index is 12.4. The molecule has 146 valence electrons. The molecule has 1 aliphatic rings. The number of carbonyl (C=O) groups excluding carboxylic acids is 1. The van der Waals surface area contributed by atoms with E-state index in [1.165, 1.54) is 16.4 Å². The van der Waals surface area contributed by atoms with E-state index in [-0.39, 0.29) is 17.4 Å². The van der Waals surface area contributed by atoms with E-state index in [0.717, 1.165) is 29.7 Å². The molecule has 1 aromatic carbocycles. The Labute approximate surface area is 159 Å². The van der Waals surface area contributed by atoms with Gasteiger partial charge in [-0.15, -0.1) is 0 Å². The van der Waals surface area contributed by atoms with Crippen LogP contribution >= 0.6 is 0 Å². The fraction of sp³-hybridized carbons (Fsp3) is 0.421. The van der Waals surface area contributed by atoms with Crippen molar-refractivity contribution in [2.24, 2.45) is 0 Å². The maximum atomic E-state index is 12.4. The van der Waals surface area contributed by atoms with Crippen LogP contribution in [0.2, 0.25) is 0 Å². The Balaban J connectivity index is 1.54. The first-order valence-electron chi connectivity index (χ1n) is 8.97. The van der Waals surface area contributed by atoms with Crippen LogP contribution in [0.15, 0.2) is 39.8 Å². The molecule has 1 aromatic heterocycles. The summed E-state index contributed by atoms with van der Waals surface area (Å²) >= 11 is 0. The lowest BCUT2D eigenvalue weighted by Gasteiger charge is -2.13. The van der Waals surface area contributed by atoms with Gasteiger partial charge in [-0.05, 0) is 49.9 Å². The first-order valence-corrected chi connectivity index (χ1v) is 10.4. The van der Waals surface area contributed by atoms with Crippen LogP contribution in [0.4, 0.5) is 0 Å². The quantitative estimate of drug-likeness (QED) is 0.732. The number of ether oxygens (including phenoxy) is 1. The lowest BCUT2D eigenvalue weighted by Crippen LogP contribution is -2.28. The Morgan fingerprint density at radius 3 is 2.48 bits per heavy atom. The van der Waals surface area contributed by atoms with E-state index in [1.807, 2.05) is 32.0 Å². The largest absolute Gasteiger partial charge is 0.491 e. The zero-order valence-electron chi connectivity index (χ0n) is 15.5. The number of rotatable bonds is 7. The van der Waals surface area contributed by atoms with Crippen molar-refractivity contribution in [3.05, 3.63) is 47.2 Å². The van der Waals surface area contributed by atoms with Crippen LogP contribution in [0.25, 0.3) is 0 Å². The van der Waals surface area contributed by atoms with Crippen molar-refractivity contribution in [3.63, 3.8) is 0 Å². The van der Waals surface area contributed by atoms with Gasteiger partial charge in [-0.3, -0.25) is 4.79 Å². The molecule has 3 rings (SSSR count). The number of aryl methyl sites for hydroxylation is 2. The van der Waals surface area contributed by atoms with Gasteiger partial charge in [-0.2, -0.15) is 4.31 Å². The third-order valence-electron chi connectivity index (χ3n) is 4.51. The average molecular weight is 392 g/mol. The van der Waals surface area contributed by atoms with Crippen molar-refractivity contribution in [2.45, 2.75) is 31.8 Å². The predicted molar refractivity (Wildman–Crippen MR) is 100 cm³/mol. The van der Waals surface area contributed by atoms with E-state index in [9.17, 15) is 13.2 Å². The topological polar surface area (TPSA) is 88.8 Å². The number of nitrogens with one attached hydrogen (secondary N) is 1. The second-order valence-electron chi connectivity index (χ2n) is 6.56. The molecule has 0 aliphatic carbocycles. The van der Waals surface area contributed by atoms with Gasteiger partial charge in [0.05, 0.1) is 6.54 Å². The highest BCUT2D eigenvalue weighted by molar-refractivity contribution is 7.89. The van der Waals surface area contributed by atoms with Crippen LogP contribution < -0.4 is 10.1 Å². The van der Waals surface area contributed by atoms with Crippen molar-refractivity contribution < 1.29 is 22.4 Å². The summed E-state index contributed by atoms with van der Waals surface area (Å²) in [5, 5.41) is 2.48. The van der Waals surface area contributed by atoms with Gasteiger partial charge in [0.25, 0.3) is 15.9 Å². The molecule has 8 heteroatoms. The summed E-state index contributed by atoms with van der Waals surface area (Å²) in [6.45, 7) is 5.48. The number of nitrogens with zero attached hydrogens (tertiary/aromatic N) is 1. The number of hydrogen-bond donors (Lipinski definition) is 1. The van der Waals surface area contributed by atoms with Gasteiger partial charge in [0.15, 0.2) is 5.76 Å². The molecule has 1 saturated heterocycles. The standard InChI is InChI=1S/C19H24N2O5S/c1-14-6-5-7-15(2)18(14)25-13-10-20-19(22)16-8-9-17(26-16)27(23,24)21-11-3-4-12-21/h5-9H,3-4,10-13H2,1-2H3,(H,20,22). The van der Waals surface area contributed by atoms with E-state index in [0.29, 0.717) is 19.7 Å². The van der Waals surface area contributed by atoms with E-state index in [1.54, 1.807) is 0 Å². The Morgan fingerprint density at radius 2 is 1.81 bits per heavy atom. The molecule has 0 spiro atoms. The zero-order valence-corrected chi connectivity index (χ0v) is 16.3. The lowest BCUT2D eigenvalue weighted by molar-refractivity contribution is 0.0913. The summed E-state index contributed by atoms with van der Waals surface area (Å²) in [5.74, 6) is 0.312. The van der Waals surface area contributed by atoms with Crippen molar-refractivity contribution in [1.82, 2.24) is 9.62 Å². The molecule has 0 unspecified atom stereocenters. The lowest BCUT2D eigenvalue weighted by atomic mass is 10.1. The van der Waals surface area contributed by atoms with Gasteiger partial charge in [0, 0.05) is 13.1 Å². The predicted octanol–water partition coefficient (Wildman–Crippen LogP) is 2.49. The van der Waals surface area contributed by atoms with Crippen LogP contribution in [0.3, 0.4) is 0 Å². The highest BCUT2D eigenvalue weighted by Crippen LogP contribution is 2.23. The van der Waals surface area contributed by atoms with Gasteiger partial charge in [-0.25, -0.2) is 8.42 Å². The third-order valence-corrected chi connectivity index (χ3v) is 6.28. The zero-order chi connectivity index (χ0) is 19.4. The maximum Gasteiger partial charge on any atom is 0.287 e. The van der Waals surface area contributed by atoms with Crippen LogP contribution in [0.1, 0.15) is 34.5 Å².